The van der Waals surface area contributed by atoms with Crippen molar-refractivity contribution in [2.75, 3.05) is 52.5 Å². The summed E-state index contributed by atoms with van der Waals surface area (Å²) >= 11 is 0. The molecule has 1 aromatic rings. The minimum absolute atomic E-state index is 0.123. The van der Waals surface area contributed by atoms with Gasteiger partial charge in [0.15, 0.2) is 0 Å². The van der Waals surface area contributed by atoms with Crippen molar-refractivity contribution in [3.63, 3.8) is 0 Å². The van der Waals surface area contributed by atoms with Gasteiger partial charge in [-0.25, -0.2) is 4.79 Å². The molecule has 1 aliphatic carbocycles. The highest BCUT2D eigenvalue weighted by atomic mass is 16.5. The third-order valence-corrected chi connectivity index (χ3v) is 6.20. The SMILES string of the molecule is O=C(NCc1cccc(OCCN2CCOCC2)c1)NC1CCN(C(=O)C2CC2)CC1. The average Bonchev–Trinajstić information content (AvgIpc) is 3.64. The molecule has 3 fully saturated rings. The maximum absolute atomic E-state index is 12.3. The van der Waals surface area contributed by atoms with Crippen molar-refractivity contribution >= 4 is 11.9 Å². The van der Waals surface area contributed by atoms with Gasteiger partial charge in [0.25, 0.3) is 0 Å². The summed E-state index contributed by atoms with van der Waals surface area (Å²) in [4.78, 5) is 28.7. The number of hydrogen-bond acceptors (Lipinski definition) is 5. The van der Waals surface area contributed by atoms with Crippen LogP contribution in [0.1, 0.15) is 31.2 Å². The van der Waals surface area contributed by atoms with Gasteiger partial charge in [-0.3, -0.25) is 9.69 Å². The third-order valence-electron chi connectivity index (χ3n) is 6.20. The van der Waals surface area contributed by atoms with E-state index in [4.69, 9.17) is 9.47 Å². The standard InChI is InChI=1S/C23H34N4O4/c28-22(19-4-5-19)27-8-6-20(7-9-27)25-23(29)24-17-18-2-1-3-21(16-18)31-15-12-26-10-13-30-14-11-26/h1-3,16,19-20H,4-15,17H2,(H2,24,25,29). The van der Waals surface area contributed by atoms with Crippen LogP contribution in [0.15, 0.2) is 24.3 Å². The monoisotopic (exact) mass is 430 g/mol. The first-order valence-electron chi connectivity index (χ1n) is 11.5. The Bertz CT molecular complexity index is 741. The number of morpholine rings is 1. The van der Waals surface area contributed by atoms with E-state index in [2.05, 4.69) is 15.5 Å². The molecule has 0 atom stereocenters. The van der Waals surface area contributed by atoms with Crippen molar-refractivity contribution in [2.24, 2.45) is 5.92 Å². The van der Waals surface area contributed by atoms with Crippen LogP contribution in [0.25, 0.3) is 0 Å². The molecule has 3 aliphatic rings. The summed E-state index contributed by atoms with van der Waals surface area (Å²) in [6, 6.07) is 7.81. The Morgan fingerprint density at radius 2 is 1.84 bits per heavy atom. The number of hydrogen-bond donors (Lipinski definition) is 2. The van der Waals surface area contributed by atoms with Gasteiger partial charge in [-0.15, -0.1) is 0 Å². The van der Waals surface area contributed by atoms with Crippen molar-refractivity contribution in [3.8, 4) is 5.75 Å². The van der Waals surface area contributed by atoms with Gasteiger partial charge < -0.3 is 25.0 Å². The summed E-state index contributed by atoms with van der Waals surface area (Å²) in [6.07, 6.45) is 3.72. The molecular weight excluding hydrogens is 396 g/mol. The molecule has 8 heteroatoms. The summed E-state index contributed by atoms with van der Waals surface area (Å²) in [6.45, 7) is 6.96. The number of benzene rings is 1. The zero-order chi connectivity index (χ0) is 21.5. The quantitative estimate of drug-likeness (QED) is 0.655. The largest absolute Gasteiger partial charge is 0.492 e. The second-order valence-corrected chi connectivity index (χ2v) is 8.65. The molecule has 2 saturated heterocycles. The van der Waals surface area contributed by atoms with E-state index in [1.165, 1.54) is 0 Å². The number of nitrogens with one attached hydrogen (secondary N) is 2. The molecule has 4 rings (SSSR count). The van der Waals surface area contributed by atoms with Crippen molar-refractivity contribution in [3.05, 3.63) is 29.8 Å². The summed E-state index contributed by atoms with van der Waals surface area (Å²) in [5.41, 5.74) is 1.00. The molecule has 170 valence electrons. The normalized spacial score (nSPS) is 20.3. The molecule has 8 nitrogen and oxygen atoms in total. The maximum Gasteiger partial charge on any atom is 0.315 e. The van der Waals surface area contributed by atoms with E-state index in [9.17, 15) is 9.59 Å². The van der Waals surface area contributed by atoms with E-state index >= 15 is 0 Å². The van der Waals surface area contributed by atoms with Gasteiger partial charge >= 0.3 is 6.03 Å². The Balaban J connectivity index is 1.13. The lowest BCUT2D eigenvalue weighted by Crippen LogP contribution is -2.49. The minimum Gasteiger partial charge on any atom is -0.492 e. The van der Waals surface area contributed by atoms with Crippen LogP contribution in [0.2, 0.25) is 0 Å². The summed E-state index contributed by atoms with van der Waals surface area (Å²) in [5.74, 6) is 1.39. The Hall–Kier alpha value is -2.32. The Morgan fingerprint density at radius 1 is 1.06 bits per heavy atom. The fraction of sp³-hybridized carbons (Fsp3) is 0.652. The van der Waals surface area contributed by atoms with Gasteiger partial charge in [-0.2, -0.15) is 0 Å². The summed E-state index contributed by atoms with van der Waals surface area (Å²) < 4.78 is 11.2. The highest BCUT2D eigenvalue weighted by molar-refractivity contribution is 5.81. The van der Waals surface area contributed by atoms with Crippen LogP contribution in [-0.2, 0) is 16.1 Å². The first-order chi connectivity index (χ1) is 15.2. The van der Waals surface area contributed by atoms with Gasteiger partial charge in [0.05, 0.1) is 13.2 Å². The number of urea groups is 1. The Morgan fingerprint density at radius 3 is 2.58 bits per heavy atom. The van der Waals surface area contributed by atoms with Crippen LogP contribution in [0.3, 0.4) is 0 Å². The molecule has 0 bridgehead atoms. The van der Waals surface area contributed by atoms with E-state index in [1.54, 1.807) is 0 Å². The van der Waals surface area contributed by atoms with Gasteiger partial charge in [0, 0.05) is 51.2 Å². The number of piperidine rings is 1. The van der Waals surface area contributed by atoms with Gasteiger partial charge in [0.2, 0.25) is 5.91 Å². The summed E-state index contributed by atoms with van der Waals surface area (Å²) in [5, 5.41) is 5.98. The molecule has 2 heterocycles. The lowest BCUT2D eigenvalue weighted by atomic mass is 10.0. The number of ether oxygens (including phenoxy) is 2. The Labute approximate surface area is 184 Å². The van der Waals surface area contributed by atoms with E-state index in [0.29, 0.717) is 19.1 Å². The number of rotatable bonds is 8. The number of nitrogens with zero attached hydrogens (tertiary/aromatic N) is 2. The van der Waals surface area contributed by atoms with Gasteiger partial charge in [-0.05, 0) is 43.4 Å². The second-order valence-electron chi connectivity index (χ2n) is 8.65. The second kappa shape index (κ2) is 10.8. The van der Waals surface area contributed by atoms with Gasteiger partial charge in [0.1, 0.15) is 12.4 Å². The molecule has 0 aromatic heterocycles. The van der Waals surface area contributed by atoms with E-state index in [1.807, 2.05) is 29.2 Å². The lowest BCUT2D eigenvalue weighted by molar-refractivity contribution is -0.133. The summed E-state index contributed by atoms with van der Waals surface area (Å²) in [7, 11) is 0. The fourth-order valence-electron chi connectivity index (χ4n) is 4.11. The van der Waals surface area contributed by atoms with Crippen LogP contribution in [0.4, 0.5) is 4.79 Å². The maximum atomic E-state index is 12.3. The first-order valence-corrected chi connectivity index (χ1v) is 11.5. The number of carbonyl (C=O) groups excluding carboxylic acids is 2. The molecule has 3 amide bonds. The topological polar surface area (TPSA) is 83.1 Å². The van der Waals surface area contributed by atoms with E-state index < -0.39 is 0 Å². The van der Waals surface area contributed by atoms with E-state index in [-0.39, 0.29) is 18.0 Å². The molecule has 0 radical (unpaired) electrons. The zero-order valence-corrected chi connectivity index (χ0v) is 18.2. The van der Waals surface area contributed by atoms with Crippen LogP contribution >= 0.6 is 0 Å². The molecule has 1 saturated carbocycles. The first kappa shape index (κ1) is 21.9. The van der Waals surface area contributed by atoms with Crippen LogP contribution in [0, 0.1) is 5.92 Å². The smallest absolute Gasteiger partial charge is 0.315 e. The molecule has 1 aromatic carbocycles. The predicted octanol–water partition coefficient (Wildman–Crippen LogP) is 1.60. The molecule has 2 N–H and O–H groups in total. The molecule has 31 heavy (non-hydrogen) atoms. The van der Waals surface area contributed by atoms with Gasteiger partial charge in [-0.1, -0.05) is 12.1 Å². The highest BCUT2D eigenvalue weighted by Gasteiger charge is 2.35. The van der Waals surface area contributed by atoms with E-state index in [0.717, 1.165) is 82.9 Å². The molecule has 2 aliphatic heterocycles. The number of carbonyl (C=O) groups is 2. The predicted molar refractivity (Wildman–Crippen MR) is 117 cm³/mol. The fourth-order valence-corrected chi connectivity index (χ4v) is 4.11. The third kappa shape index (κ3) is 6.83. The molecular formula is C23H34N4O4. The van der Waals surface area contributed by atoms with Crippen molar-refractivity contribution in [2.45, 2.75) is 38.3 Å². The van der Waals surface area contributed by atoms with Crippen LogP contribution in [0.5, 0.6) is 5.75 Å². The van der Waals surface area contributed by atoms with Crippen molar-refractivity contribution in [1.29, 1.82) is 0 Å². The van der Waals surface area contributed by atoms with Crippen molar-refractivity contribution in [1.82, 2.24) is 20.4 Å². The number of amides is 3. The highest BCUT2D eigenvalue weighted by Crippen LogP contribution is 2.31. The Kier molecular flexibility index (Phi) is 7.64. The average molecular weight is 431 g/mol. The van der Waals surface area contributed by atoms with Crippen LogP contribution < -0.4 is 15.4 Å². The molecule has 0 spiro atoms. The van der Waals surface area contributed by atoms with Crippen LogP contribution in [-0.4, -0.2) is 80.3 Å². The lowest BCUT2D eigenvalue weighted by Gasteiger charge is -2.32. The number of likely N-dealkylation sites (tertiary alicyclic amines) is 1. The zero-order valence-electron chi connectivity index (χ0n) is 18.2. The molecule has 0 unspecified atom stereocenters. The minimum atomic E-state index is -0.161. The van der Waals surface area contributed by atoms with Crippen molar-refractivity contribution < 1.29 is 19.1 Å².